The molecule has 0 amide bonds. The highest BCUT2D eigenvalue weighted by Crippen LogP contribution is 2.46. The number of rotatable bonds is 2. The highest BCUT2D eigenvalue weighted by atomic mass is 35.5. The first-order chi connectivity index (χ1) is 10.7. The van der Waals surface area contributed by atoms with Gasteiger partial charge in [0, 0.05) is 5.92 Å². The number of aliphatic hydroxyl groups is 1. The Labute approximate surface area is 131 Å². The summed E-state index contributed by atoms with van der Waals surface area (Å²) >= 11 is 5.92. The first-order valence-corrected chi connectivity index (χ1v) is 7.63. The normalized spacial score (nSPS) is 30.8. The Hall–Kier alpha value is -1.70. The summed E-state index contributed by atoms with van der Waals surface area (Å²) in [5.41, 5.74) is 6.93. The lowest BCUT2D eigenvalue weighted by Crippen LogP contribution is -2.25. The first-order valence-electron chi connectivity index (χ1n) is 7.26. The van der Waals surface area contributed by atoms with Gasteiger partial charge >= 0.3 is 0 Å². The molecular weight excluding hydrogens is 306 g/mol. The van der Waals surface area contributed by atoms with Crippen molar-refractivity contribution < 1.29 is 9.84 Å². The van der Waals surface area contributed by atoms with E-state index in [1.54, 1.807) is 6.33 Å². The average molecular weight is 322 g/mol. The number of halogens is 1. The summed E-state index contributed by atoms with van der Waals surface area (Å²) in [4.78, 5) is 12.4. The molecule has 7 nitrogen and oxygen atoms in total. The van der Waals surface area contributed by atoms with Crippen LogP contribution in [0.3, 0.4) is 0 Å². The first kappa shape index (κ1) is 13.9. The van der Waals surface area contributed by atoms with Gasteiger partial charge in [-0.3, -0.25) is 4.57 Å². The van der Waals surface area contributed by atoms with E-state index in [-0.39, 0.29) is 36.0 Å². The van der Waals surface area contributed by atoms with Crippen LogP contribution in [0.5, 0.6) is 0 Å². The number of fused-ring (bicyclic) bond motifs is 2. The maximum atomic E-state index is 9.58. The summed E-state index contributed by atoms with van der Waals surface area (Å²) in [5.74, 6) is 0.826. The van der Waals surface area contributed by atoms with Crippen LogP contribution < -0.4 is 5.73 Å². The maximum Gasteiger partial charge on any atom is 0.226 e. The molecule has 2 aromatic rings. The van der Waals surface area contributed by atoms with Crippen molar-refractivity contribution in [1.82, 2.24) is 19.5 Å². The number of hydrogen-bond donors (Lipinski definition) is 2. The van der Waals surface area contributed by atoms with Gasteiger partial charge in [0.1, 0.15) is 11.7 Å². The zero-order valence-corrected chi connectivity index (χ0v) is 12.5. The fourth-order valence-corrected chi connectivity index (χ4v) is 3.71. The average Bonchev–Trinajstić information content (AvgIpc) is 3.08. The van der Waals surface area contributed by atoms with Gasteiger partial charge in [0.15, 0.2) is 11.5 Å². The molecule has 1 fully saturated rings. The number of allylic oxidation sites excluding steroid dienone is 2. The lowest BCUT2D eigenvalue weighted by molar-refractivity contribution is -0.0349. The van der Waals surface area contributed by atoms with E-state index >= 15 is 0 Å². The molecule has 0 saturated carbocycles. The molecule has 1 aliphatic carbocycles. The van der Waals surface area contributed by atoms with Crippen LogP contribution in [0.1, 0.15) is 19.1 Å². The van der Waals surface area contributed by atoms with Gasteiger partial charge in [0.25, 0.3) is 0 Å². The van der Waals surface area contributed by atoms with Gasteiger partial charge in [-0.25, -0.2) is 4.98 Å². The highest BCUT2D eigenvalue weighted by Gasteiger charge is 2.45. The van der Waals surface area contributed by atoms with Crippen LogP contribution in [0, 0.1) is 11.8 Å². The minimum atomic E-state index is -0.234. The summed E-state index contributed by atoms with van der Waals surface area (Å²) in [5, 5.41) is 9.67. The lowest BCUT2D eigenvalue weighted by Gasteiger charge is -2.25. The molecule has 2 aromatic heterocycles. The molecule has 3 N–H and O–H groups in total. The Kier molecular flexibility index (Phi) is 3.28. The second kappa shape index (κ2) is 5.19. The third-order valence-corrected chi connectivity index (χ3v) is 4.74. The van der Waals surface area contributed by atoms with E-state index < -0.39 is 0 Å². The van der Waals surface area contributed by atoms with E-state index in [4.69, 9.17) is 22.1 Å². The van der Waals surface area contributed by atoms with Crippen LogP contribution in [0.4, 0.5) is 5.82 Å². The minimum absolute atomic E-state index is 0.00994. The molecule has 0 radical (unpaired) electrons. The fourth-order valence-electron chi connectivity index (χ4n) is 3.54. The summed E-state index contributed by atoms with van der Waals surface area (Å²) in [6.45, 7) is 0.00994. The van der Waals surface area contributed by atoms with E-state index in [2.05, 4.69) is 27.1 Å². The van der Waals surface area contributed by atoms with Gasteiger partial charge in [-0.05, 0) is 30.4 Å². The van der Waals surface area contributed by atoms with Crippen molar-refractivity contribution in [1.29, 1.82) is 0 Å². The van der Waals surface area contributed by atoms with Gasteiger partial charge in [-0.1, -0.05) is 12.2 Å². The second-order valence-electron chi connectivity index (χ2n) is 5.72. The van der Waals surface area contributed by atoms with Gasteiger partial charge in [-0.2, -0.15) is 9.97 Å². The van der Waals surface area contributed by atoms with Gasteiger partial charge in [0.2, 0.25) is 5.28 Å². The quantitative estimate of drug-likeness (QED) is 0.643. The van der Waals surface area contributed by atoms with Gasteiger partial charge < -0.3 is 15.6 Å². The Morgan fingerprint density at radius 2 is 2.09 bits per heavy atom. The number of nitrogen functional groups attached to an aromatic ring is 1. The number of ether oxygens (including phenoxy) is 1. The van der Waals surface area contributed by atoms with Crippen LogP contribution in [-0.2, 0) is 4.74 Å². The van der Waals surface area contributed by atoms with Crippen molar-refractivity contribution in [2.45, 2.75) is 25.2 Å². The molecular formula is C14H16ClN5O2. The molecule has 1 unspecified atom stereocenters. The van der Waals surface area contributed by atoms with E-state index in [0.717, 1.165) is 12.8 Å². The Morgan fingerprint density at radius 1 is 1.32 bits per heavy atom. The van der Waals surface area contributed by atoms with Crippen LogP contribution >= 0.6 is 11.6 Å². The van der Waals surface area contributed by atoms with Crippen molar-refractivity contribution in [3.8, 4) is 0 Å². The molecule has 0 bridgehead atoms. The molecule has 1 aliphatic heterocycles. The SMILES string of the molecule is Nc1nc(Cl)nc2c1ncn2C1O[C@H](CO)[C@H]2CC=CC[C@@H]12. The Balaban J connectivity index is 1.80. The number of aromatic nitrogens is 4. The second-order valence-corrected chi connectivity index (χ2v) is 6.06. The van der Waals surface area contributed by atoms with Gasteiger partial charge in [0.05, 0.1) is 19.0 Å². The largest absolute Gasteiger partial charge is 0.394 e. The molecule has 8 heteroatoms. The minimum Gasteiger partial charge on any atom is -0.394 e. The van der Waals surface area contributed by atoms with Gasteiger partial charge in [-0.15, -0.1) is 0 Å². The van der Waals surface area contributed by atoms with Crippen molar-refractivity contribution in [2.75, 3.05) is 12.3 Å². The molecule has 4 rings (SSSR count). The maximum absolute atomic E-state index is 9.58. The third kappa shape index (κ3) is 2.00. The number of imidazole rings is 1. The number of anilines is 1. The van der Waals surface area contributed by atoms with E-state index in [0.29, 0.717) is 17.1 Å². The molecule has 0 spiro atoms. The van der Waals surface area contributed by atoms with Crippen LogP contribution in [-0.4, -0.2) is 37.3 Å². The highest BCUT2D eigenvalue weighted by molar-refractivity contribution is 6.28. The van der Waals surface area contributed by atoms with Crippen molar-refractivity contribution in [3.63, 3.8) is 0 Å². The molecule has 4 atom stereocenters. The Bertz CT molecular complexity index is 746. The van der Waals surface area contributed by atoms with Crippen LogP contribution in [0.25, 0.3) is 11.2 Å². The van der Waals surface area contributed by atoms with E-state index in [1.807, 2.05) is 4.57 Å². The number of nitrogens with zero attached hydrogens (tertiary/aromatic N) is 4. The molecule has 116 valence electrons. The summed E-state index contributed by atoms with van der Waals surface area (Å²) in [7, 11) is 0. The summed E-state index contributed by atoms with van der Waals surface area (Å²) in [6, 6.07) is 0. The molecule has 22 heavy (non-hydrogen) atoms. The number of hydrogen-bond acceptors (Lipinski definition) is 6. The zero-order valence-electron chi connectivity index (χ0n) is 11.8. The predicted molar refractivity (Wildman–Crippen MR) is 81.1 cm³/mol. The topological polar surface area (TPSA) is 99.1 Å². The third-order valence-electron chi connectivity index (χ3n) is 4.57. The van der Waals surface area contributed by atoms with Crippen molar-refractivity contribution in [3.05, 3.63) is 23.8 Å². The van der Waals surface area contributed by atoms with Crippen molar-refractivity contribution >= 4 is 28.6 Å². The molecule has 1 saturated heterocycles. The smallest absolute Gasteiger partial charge is 0.226 e. The number of nitrogens with two attached hydrogens (primary N) is 1. The molecule has 2 aliphatic rings. The molecule has 0 aromatic carbocycles. The zero-order chi connectivity index (χ0) is 15.3. The standard InChI is InChI=1S/C14H16ClN5O2/c15-14-18-11(16)10-12(19-14)20(6-17-10)13-8-4-2-1-3-7(8)9(5-21)22-13/h1-2,6-9,13,21H,3-5H2,(H2,16,18,19)/t7-,8+,9+,13?/m0/s1. The summed E-state index contributed by atoms with van der Waals surface area (Å²) in [6.07, 6.45) is 7.38. The van der Waals surface area contributed by atoms with Crippen molar-refractivity contribution in [2.24, 2.45) is 11.8 Å². The lowest BCUT2D eigenvalue weighted by atomic mass is 9.81. The fraction of sp³-hybridized carbons (Fsp3) is 0.500. The molecule has 3 heterocycles. The predicted octanol–water partition coefficient (Wildman–Crippen LogP) is 1.53. The number of aliphatic hydroxyl groups excluding tert-OH is 1. The summed E-state index contributed by atoms with van der Waals surface area (Å²) < 4.78 is 7.93. The van der Waals surface area contributed by atoms with Crippen LogP contribution in [0.15, 0.2) is 18.5 Å². The van der Waals surface area contributed by atoms with E-state index in [1.165, 1.54) is 0 Å². The monoisotopic (exact) mass is 321 g/mol. The van der Waals surface area contributed by atoms with E-state index in [9.17, 15) is 5.11 Å². The van der Waals surface area contributed by atoms with Crippen LogP contribution in [0.2, 0.25) is 5.28 Å². The Morgan fingerprint density at radius 3 is 2.86 bits per heavy atom.